The molecule has 0 saturated carbocycles. The van der Waals surface area contributed by atoms with Crippen LogP contribution in [-0.2, 0) is 6.42 Å². The van der Waals surface area contributed by atoms with Crippen molar-refractivity contribution in [3.05, 3.63) is 33.1 Å². The summed E-state index contributed by atoms with van der Waals surface area (Å²) in [6.45, 7) is 5.66. The number of hydrogen-bond acceptors (Lipinski definition) is 3. The highest BCUT2D eigenvalue weighted by Crippen LogP contribution is 2.25. The van der Waals surface area contributed by atoms with Crippen LogP contribution in [0, 0.1) is 24.0 Å². The molecule has 1 rings (SSSR count). The van der Waals surface area contributed by atoms with Crippen molar-refractivity contribution >= 4 is 21.6 Å². The van der Waals surface area contributed by atoms with Gasteiger partial charge in [0.25, 0.3) is 5.69 Å². The van der Waals surface area contributed by atoms with Crippen molar-refractivity contribution in [1.29, 1.82) is 0 Å². The molecule has 0 aliphatic rings. The minimum Gasteiger partial charge on any atom is -0.260 e. The maximum Gasteiger partial charge on any atom is 0.278 e. The molecule has 0 spiro atoms. The Balaban J connectivity index is 2.85. The molecule has 0 N–H and O–H groups in total. The Bertz CT molecular complexity index is 435. The van der Waals surface area contributed by atoms with Gasteiger partial charge in [-0.25, -0.2) is 0 Å². The number of alkyl halides is 1. The van der Waals surface area contributed by atoms with Crippen LogP contribution in [0.4, 0.5) is 5.69 Å². The van der Waals surface area contributed by atoms with E-state index in [1.807, 2.05) is 0 Å². The number of nitrogens with zero attached hydrogens (tertiary/aromatic N) is 2. The third-order valence-corrected chi connectivity index (χ3v) is 3.97. The Kier molecular flexibility index (Phi) is 5.72. The molecule has 0 fully saturated rings. The summed E-state index contributed by atoms with van der Waals surface area (Å²) in [5, 5.41) is 11.0. The van der Waals surface area contributed by atoms with E-state index < -0.39 is 0 Å². The SMILES string of the molecule is CCCC(Br)CCc1ncc(C)c([N+](=O)[O-])c1C. The first-order chi connectivity index (χ1) is 8.47. The molecule has 1 heterocycles. The van der Waals surface area contributed by atoms with Gasteiger partial charge in [-0.05, 0) is 33.1 Å². The van der Waals surface area contributed by atoms with Crippen LogP contribution in [0.15, 0.2) is 6.20 Å². The van der Waals surface area contributed by atoms with Crippen LogP contribution in [0.1, 0.15) is 43.0 Å². The van der Waals surface area contributed by atoms with Crippen LogP contribution in [0.5, 0.6) is 0 Å². The van der Waals surface area contributed by atoms with E-state index in [4.69, 9.17) is 0 Å². The lowest BCUT2D eigenvalue weighted by atomic mass is 10.0. The summed E-state index contributed by atoms with van der Waals surface area (Å²) < 4.78 is 0. The summed E-state index contributed by atoms with van der Waals surface area (Å²) in [6.07, 6.45) is 5.59. The van der Waals surface area contributed by atoms with Gasteiger partial charge in [0.15, 0.2) is 0 Å². The number of nitro groups is 1. The van der Waals surface area contributed by atoms with Gasteiger partial charge in [0, 0.05) is 22.2 Å². The molecule has 5 heteroatoms. The lowest BCUT2D eigenvalue weighted by molar-refractivity contribution is -0.386. The summed E-state index contributed by atoms with van der Waals surface area (Å²) >= 11 is 3.62. The molecule has 100 valence electrons. The van der Waals surface area contributed by atoms with Crippen LogP contribution in [0.3, 0.4) is 0 Å². The first kappa shape index (κ1) is 15.1. The lowest BCUT2D eigenvalue weighted by Gasteiger charge is -2.10. The van der Waals surface area contributed by atoms with Crippen LogP contribution in [0.2, 0.25) is 0 Å². The second kappa shape index (κ2) is 6.83. The molecule has 0 aliphatic heterocycles. The number of pyridine rings is 1. The molecule has 1 aromatic heterocycles. The van der Waals surface area contributed by atoms with Gasteiger partial charge in [0.05, 0.1) is 10.6 Å². The highest BCUT2D eigenvalue weighted by Gasteiger charge is 2.18. The Labute approximate surface area is 116 Å². The zero-order chi connectivity index (χ0) is 13.7. The number of hydrogen-bond donors (Lipinski definition) is 0. The van der Waals surface area contributed by atoms with Crippen molar-refractivity contribution in [3.63, 3.8) is 0 Å². The summed E-state index contributed by atoms with van der Waals surface area (Å²) in [4.78, 5) is 15.5. The molecular weight excluding hydrogens is 296 g/mol. The maximum atomic E-state index is 11.0. The monoisotopic (exact) mass is 314 g/mol. The molecule has 0 aromatic carbocycles. The van der Waals surface area contributed by atoms with Gasteiger partial charge in [0.1, 0.15) is 0 Å². The quantitative estimate of drug-likeness (QED) is 0.451. The molecule has 0 radical (unpaired) electrons. The predicted molar refractivity (Wildman–Crippen MR) is 76.3 cm³/mol. The third kappa shape index (κ3) is 3.77. The van der Waals surface area contributed by atoms with Crippen molar-refractivity contribution < 1.29 is 4.92 Å². The average Bonchev–Trinajstić information content (AvgIpc) is 2.28. The largest absolute Gasteiger partial charge is 0.278 e. The Morgan fingerprint density at radius 1 is 1.44 bits per heavy atom. The van der Waals surface area contributed by atoms with E-state index in [0.29, 0.717) is 16.0 Å². The van der Waals surface area contributed by atoms with Gasteiger partial charge < -0.3 is 0 Å². The van der Waals surface area contributed by atoms with E-state index in [2.05, 4.69) is 27.8 Å². The lowest BCUT2D eigenvalue weighted by Crippen LogP contribution is -2.05. The zero-order valence-corrected chi connectivity index (χ0v) is 12.7. The molecule has 18 heavy (non-hydrogen) atoms. The Hall–Kier alpha value is -0.970. The molecular formula is C13H19BrN2O2. The summed E-state index contributed by atoms with van der Waals surface area (Å²) in [6, 6.07) is 0. The molecule has 0 amide bonds. The number of rotatable bonds is 6. The van der Waals surface area contributed by atoms with Gasteiger partial charge in [-0.1, -0.05) is 29.3 Å². The van der Waals surface area contributed by atoms with Crippen molar-refractivity contribution in [2.75, 3.05) is 0 Å². The smallest absolute Gasteiger partial charge is 0.260 e. The molecule has 1 atom stereocenters. The van der Waals surface area contributed by atoms with Crippen molar-refractivity contribution in [2.45, 2.75) is 51.3 Å². The Morgan fingerprint density at radius 3 is 2.67 bits per heavy atom. The van der Waals surface area contributed by atoms with Crippen LogP contribution < -0.4 is 0 Å². The van der Waals surface area contributed by atoms with E-state index >= 15 is 0 Å². The number of aryl methyl sites for hydroxylation is 2. The van der Waals surface area contributed by atoms with Gasteiger partial charge in [-0.3, -0.25) is 15.1 Å². The van der Waals surface area contributed by atoms with Gasteiger partial charge >= 0.3 is 0 Å². The Morgan fingerprint density at radius 2 is 2.11 bits per heavy atom. The predicted octanol–water partition coefficient (Wildman–Crippen LogP) is 4.10. The zero-order valence-electron chi connectivity index (χ0n) is 11.1. The molecule has 0 aliphatic carbocycles. The maximum absolute atomic E-state index is 11.0. The van der Waals surface area contributed by atoms with Gasteiger partial charge in [0.2, 0.25) is 0 Å². The van der Waals surface area contributed by atoms with Crippen LogP contribution in [0.25, 0.3) is 0 Å². The minimum atomic E-state index is -0.312. The highest BCUT2D eigenvalue weighted by molar-refractivity contribution is 9.09. The standard InChI is InChI=1S/C13H19BrN2O2/c1-4-5-11(14)6-7-12-10(3)13(16(17)18)9(2)8-15-12/h8,11H,4-7H2,1-3H3. The van der Waals surface area contributed by atoms with E-state index in [0.717, 1.165) is 31.4 Å². The van der Waals surface area contributed by atoms with E-state index in [1.165, 1.54) is 0 Å². The first-order valence-corrected chi connectivity index (χ1v) is 7.12. The molecule has 1 aromatic rings. The number of halogens is 1. The average molecular weight is 315 g/mol. The van der Waals surface area contributed by atoms with E-state index in [9.17, 15) is 10.1 Å². The second-order valence-electron chi connectivity index (χ2n) is 4.54. The minimum absolute atomic E-state index is 0.210. The van der Waals surface area contributed by atoms with E-state index in [-0.39, 0.29) is 10.6 Å². The van der Waals surface area contributed by atoms with Gasteiger partial charge in [-0.15, -0.1) is 0 Å². The highest BCUT2D eigenvalue weighted by atomic mass is 79.9. The second-order valence-corrected chi connectivity index (χ2v) is 5.84. The van der Waals surface area contributed by atoms with E-state index in [1.54, 1.807) is 20.0 Å². The van der Waals surface area contributed by atoms with Crippen LogP contribution >= 0.6 is 15.9 Å². The fourth-order valence-corrected chi connectivity index (χ4v) is 2.74. The van der Waals surface area contributed by atoms with Crippen molar-refractivity contribution in [1.82, 2.24) is 4.98 Å². The summed E-state index contributed by atoms with van der Waals surface area (Å²) in [7, 11) is 0. The molecule has 1 unspecified atom stereocenters. The summed E-state index contributed by atoms with van der Waals surface area (Å²) in [5.41, 5.74) is 2.39. The first-order valence-electron chi connectivity index (χ1n) is 6.20. The third-order valence-electron chi connectivity index (χ3n) is 3.05. The number of aromatic nitrogens is 1. The topological polar surface area (TPSA) is 56.0 Å². The fraction of sp³-hybridized carbons (Fsp3) is 0.615. The molecule has 4 nitrogen and oxygen atoms in total. The normalized spacial score (nSPS) is 12.4. The van der Waals surface area contributed by atoms with Crippen LogP contribution in [-0.4, -0.2) is 14.7 Å². The molecule has 0 bridgehead atoms. The van der Waals surface area contributed by atoms with Gasteiger partial charge in [-0.2, -0.15) is 0 Å². The van der Waals surface area contributed by atoms with Crippen molar-refractivity contribution in [2.24, 2.45) is 0 Å². The summed E-state index contributed by atoms with van der Waals surface area (Å²) in [5.74, 6) is 0. The van der Waals surface area contributed by atoms with Crippen molar-refractivity contribution in [3.8, 4) is 0 Å². The fourth-order valence-electron chi connectivity index (χ4n) is 2.05. The molecule has 0 saturated heterocycles.